The van der Waals surface area contributed by atoms with Gasteiger partial charge < -0.3 is 15.2 Å². The molecule has 2 fully saturated rings. The van der Waals surface area contributed by atoms with Gasteiger partial charge in [-0.2, -0.15) is 0 Å². The van der Waals surface area contributed by atoms with Gasteiger partial charge in [-0.25, -0.2) is 4.98 Å². The van der Waals surface area contributed by atoms with Gasteiger partial charge in [0.15, 0.2) is 0 Å². The molecule has 162 valence electrons. The van der Waals surface area contributed by atoms with E-state index in [1.807, 2.05) is 6.92 Å². The average Bonchev–Trinajstić information content (AvgIpc) is 3.28. The van der Waals surface area contributed by atoms with Crippen LogP contribution < -0.4 is 10.5 Å². The van der Waals surface area contributed by atoms with Gasteiger partial charge in [0, 0.05) is 42.2 Å². The summed E-state index contributed by atoms with van der Waals surface area (Å²) in [6.45, 7) is 5.87. The summed E-state index contributed by atoms with van der Waals surface area (Å²) in [7, 11) is 0. The maximum absolute atomic E-state index is 11.6. The zero-order valence-corrected chi connectivity index (χ0v) is 18.5. The van der Waals surface area contributed by atoms with Gasteiger partial charge in [0.2, 0.25) is 5.91 Å². The Morgan fingerprint density at radius 3 is 2.77 bits per heavy atom. The van der Waals surface area contributed by atoms with Gasteiger partial charge >= 0.3 is 0 Å². The SMILES string of the molecule is Cc1cc(OC2CCC(N3CCOCC3)CC2)c2c3c(sc2n1)CC[C@@H]3CC(N)=O. The van der Waals surface area contributed by atoms with Crippen LogP contribution in [-0.2, 0) is 16.0 Å². The minimum absolute atomic E-state index is 0.204. The number of carbonyl (C=O) groups excluding carboxylic acids is 1. The van der Waals surface area contributed by atoms with E-state index in [0.717, 1.165) is 73.6 Å². The van der Waals surface area contributed by atoms with Gasteiger partial charge in [-0.1, -0.05) is 0 Å². The molecule has 3 heterocycles. The third-order valence-electron chi connectivity index (χ3n) is 6.94. The summed E-state index contributed by atoms with van der Waals surface area (Å²) >= 11 is 1.77. The number of fused-ring (bicyclic) bond motifs is 3. The quantitative estimate of drug-likeness (QED) is 0.787. The lowest BCUT2D eigenvalue weighted by Gasteiger charge is -2.38. The smallest absolute Gasteiger partial charge is 0.218 e. The Balaban J connectivity index is 1.35. The second kappa shape index (κ2) is 8.44. The molecule has 5 rings (SSSR count). The van der Waals surface area contributed by atoms with E-state index >= 15 is 0 Å². The number of aromatic nitrogens is 1. The lowest BCUT2D eigenvalue weighted by Crippen LogP contribution is -2.46. The van der Waals surface area contributed by atoms with Gasteiger partial charge in [0.05, 0.1) is 24.7 Å². The number of morpholine rings is 1. The van der Waals surface area contributed by atoms with E-state index in [1.165, 1.54) is 23.3 Å². The molecule has 2 aromatic rings. The zero-order chi connectivity index (χ0) is 20.7. The fraction of sp³-hybridized carbons (Fsp3) is 0.652. The van der Waals surface area contributed by atoms with Crippen LogP contribution in [0.4, 0.5) is 0 Å². The number of carbonyl (C=O) groups is 1. The second-order valence-corrected chi connectivity index (χ2v) is 10.1. The molecule has 2 aromatic heterocycles. The molecular weight excluding hydrogens is 398 g/mol. The van der Waals surface area contributed by atoms with Gasteiger partial charge in [-0.15, -0.1) is 11.3 Å². The Labute approximate surface area is 181 Å². The summed E-state index contributed by atoms with van der Waals surface area (Å²) in [6.07, 6.45) is 7.21. The monoisotopic (exact) mass is 429 g/mol. The van der Waals surface area contributed by atoms with Crippen LogP contribution in [0.2, 0.25) is 0 Å². The molecule has 30 heavy (non-hydrogen) atoms. The lowest BCUT2D eigenvalue weighted by molar-refractivity contribution is -0.118. The molecule has 3 aliphatic rings. The molecule has 6 nitrogen and oxygen atoms in total. The Kier molecular flexibility index (Phi) is 5.69. The van der Waals surface area contributed by atoms with Crippen molar-refractivity contribution in [1.29, 1.82) is 0 Å². The summed E-state index contributed by atoms with van der Waals surface area (Å²) in [4.78, 5) is 21.4. The molecular formula is C23H31N3O3S. The minimum Gasteiger partial charge on any atom is -0.490 e. The number of rotatable bonds is 5. The van der Waals surface area contributed by atoms with Gasteiger partial charge in [0.25, 0.3) is 0 Å². The highest BCUT2D eigenvalue weighted by Gasteiger charge is 2.32. The summed E-state index contributed by atoms with van der Waals surface area (Å²) < 4.78 is 12.1. The first-order valence-electron chi connectivity index (χ1n) is 11.3. The standard InChI is InChI=1S/C23H31N3O3S/c1-14-12-18(29-17-5-3-16(4-6-17)26-8-10-28-11-9-26)22-21-15(13-20(24)27)2-7-19(21)30-23(22)25-14/h12,15-17H,2-11,13H2,1H3,(H2,24,27)/t15-,16?,17?/m1/s1. The minimum atomic E-state index is -0.226. The summed E-state index contributed by atoms with van der Waals surface area (Å²) in [6, 6.07) is 2.75. The molecule has 1 aliphatic heterocycles. The van der Waals surface area contributed by atoms with Crippen LogP contribution in [-0.4, -0.2) is 54.2 Å². The van der Waals surface area contributed by atoms with Crippen molar-refractivity contribution in [2.75, 3.05) is 26.3 Å². The number of nitrogens with two attached hydrogens (primary N) is 1. The van der Waals surface area contributed by atoms with Crippen LogP contribution in [0, 0.1) is 6.92 Å². The molecule has 0 radical (unpaired) electrons. The average molecular weight is 430 g/mol. The molecule has 2 aliphatic carbocycles. The van der Waals surface area contributed by atoms with Crippen LogP contribution in [0.25, 0.3) is 10.2 Å². The van der Waals surface area contributed by atoms with E-state index in [-0.39, 0.29) is 17.9 Å². The van der Waals surface area contributed by atoms with Crippen LogP contribution >= 0.6 is 11.3 Å². The third kappa shape index (κ3) is 3.95. The Bertz CT molecular complexity index is 929. The number of aryl methyl sites for hydroxylation is 2. The van der Waals surface area contributed by atoms with E-state index < -0.39 is 0 Å². The van der Waals surface area contributed by atoms with Crippen molar-refractivity contribution in [3.63, 3.8) is 0 Å². The maximum atomic E-state index is 11.6. The number of hydrogen-bond acceptors (Lipinski definition) is 6. The summed E-state index contributed by atoms with van der Waals surface area (Å²) in [5.74, 6) is 0.938. The first-order valence-corrected chi connectivity index (χ1v) is 12.1. The Morgan fingerprint density at radius 2 is 2.03 bits per heavy atom. The van der Waals surface area contributed by atoms with Crippen LogP contribution in [0.3, 0.4) is 0 Å². The van der Waals surface area contributed by atoms with Crippen LogP contribution in [0.15, 0.2) is 6.07 Å². The highest BCUT2D eigenvalue weighted by molar-refractivity contribution is 7.19. The number of thiophene rings is 1. The van der Waals surface area contributed by atoms with Crippen LogP contribution in [0.5, 0.6) is 5.75 Å². The highest BCUT2D eigenvalue weighted by Crippen LogP contribution is 2.48. The maximum Gasteiger partial charge on any atom is 0.218 e. The molecule has 0 spiro atoms. The van der Waals surface area contributed by atoms with Crippen molar-refractivity contribution in [2.24, 2.45) is 5.73 Å². The number of pyridine rings is 1. The molecule has 1 amide bonds. The largest absolute Gasteiger partial charge is 0.490 e. The first-order chi connectivity index (χ1) is 14.6. The molecule has 0 bridgehead atoms. The lowest BCUT2D eigenvalue weighted by atomic mass is 9.91. The molecule has 0 aromatic carbocycles. The Morgan fingerprint density at radius 1 is 1.27 bits per heavy atom. The third-order valence-corrected chi connectivity index (χ3v) is 8.10. The van der Waals surface area contributed by atoms with Gasteiger partial charge in [0.1, 0.15) is 10.6 Å². The van der Waals surface area contributed by atoms with E-state index in [9.17, 15) is 4.79 Å². The van der Waals surface area contributed by atoms with E-state index in [0.29, 0.717) is 12.5 Å². The number of hydrogen-bond donors (Lipinski definition) is 1. The molecule has 0 unspecified atom stereocenters. The normalized spacial score (nSPS) is 27.3. The first kappa shape index (κ1) is 20.2. The van der Waals surface area contributed by atoms with Crippen molar-refractivity contribution in [3.8, 4) is 5.75 Å². The molecule has 1 saturated carbocycles. The van der Waals surface area contributed by atoms with E-state index in [2.05, 4.69) is 11.0 Å². The van der Waals surface area contributed by atoms with Gasteiger partial charge in [-0.3, -0.25) is 9.69 Å². The predicted molar refractivity (Wildman–Crippen MR) is 118 cm³/mol. The van der Waals surface area contributed by atoms with E-state index in [1.54, 1.807) is 11.3 Å². The zero-order valence-electron chi connectivity index (χ0n) is 17.7. The van der Waals surface area contributed by atoms with E-state index in [4.69, 9.17) is 20.2 Å². The fourth-order valence-corrected chi connectivity index (χ4v) is 6.84. The highest BCUT2D eigenvalue weighted by atomic mass is 32.1. The van der Waals surface area contributed by atoms with Crippen LogP contribution in [0.1, 0.15) is 60.6 Å². The molecule has 1 saturated heterocycles. The van der Waals surface area contributed by atoms with Crippen molar-refractivity contribution < 1.29 is 14.3 Å². The molecule has 7 heteroatoms. The topological polar surface area (TPSA) is 77.7 Å². The van der Waals surface area contributed by atoms with Crippen molar-refractivity contribution >= 4 is 27.5 Å². The second-order valence-electron chi connectivity index (χ2n) is 8.98. The van der Waals surface area contributed by atoms with Crippen molar-refractivity contribution in [1.82, 2.24) is 9.88 Å². The predicted octanol–water partition coefficient (Wildman–Crippen LogP) is 3.53. The summed E-state index contributed by atoms with van der Waals surface area (Å²) in [5, 5.41) is 1.14. The number of amides is 1. The number of ether oxygens (including phenoxy) is 2. The molecule has 1 atom stereocenters. The molecule has 2 N–H and O–H groups in total. The van der Waals surface area contributed by atoms with Crippen molar-refractivity contribution in [3.05, 3.63) is 22.2 Å². The van der Waals surface area contributed by atoms with Crippen molar-refractivity contribution in [2.45, 2.75) is 69.9 Å². The number of nitrogens with zero attached hydrogens (tertiary/aromatic N) is 2. The fourth-order valence-electron chi connectivity index (χ4n) is 5.51. The summed E-state index contributed by atoms with van der Waals surface area (Å²) in [5.41, 5.74) is 7.80. The van der Waals surface area contributed by atoms with Gasteiger partial charge in [-0.05, 0) is 56.9 Å². The Hall–Kier alpha value is -1.70. The number of primary amides is 1.